The van der Waals surface area contributed by atoms with Gasteiger partial charge in [-0.15, -0.1) is 0 Å². The van der Waals surface area contributed by atoms with E-state index in [1.54, 1.807) is 14.2 Å². The Balaban J connectivity index is 1.51. The van der Waals surface area contributed by atoms with Crippen LogP contribution in [-0.4, -0.2) is 68.3 Å². The number of ether oxygens (including phenoxy) is 2. The van der Waals surface area contributed by atoms with Gasteiger partial charge in [0.25, 0.3) is 0 Å². The van der Waals surface area contributed by atoms with Crippen LogP contribution in [-0.2, 0) is 16.1 Å². The van der Waals surface area contributed by atoms with E-state index in [0.717, 1.165) is 57.7 Å². The Hall–Kier alpha value is -1.63. The van der Waals surface area contributed by atoms with Crippen molar-refractivity contribution in [2.75, 3.05) is 40.4 Å². The summed E-state index contributed by atoms with van der Waals surface area (Å²) in [6, 6.07) is 8.18. The van der Waals surface area contributed by atoms with Gasteiger partial charge in [-0.25, -0.2) is 0 Å². The molecule has 1 saturated carbocycles. The molecule has 1 saturated heterocycles. The number of piperazine rings is 1. The van der Waals surface area contributed by atoms with Gasteiger partial charge in [-0.3, -0.25) is 9.69 Å². The number of carbonyl (C=O) groups is 1. The van der Waals surface area contributed by atoms with Gasteiger partial charge in [-0.1, -0.05) is 18.2 Å². The zero-order valence-corrected chi connectivity index (χ0v) is 15.9. The Morgan fingerprint density at radius 2 is 1.88 bits per heavy atom. The highest BCUT2D eigenvalue weighted by Gasteiger charge is 2.35. The lowest BCUT2D eigenvalue weighted by Gasteiger charge is -2.39. The van der Waals surface area contributed by atoms with Gasteiger partial charge in [0.15, 0.2) is 0 Å². The van der Waals surface area contributed by atoms with Crippen LogP contribution < -0.4 is 10.5 Å². The normalized spacial score (nSPS) is 27.3. The number of nitrogens with two attached hydrogens (primary N) is 1. The van der Waals surface area contributed by atoms with Crippen LogP contribution in [0.2, 0.25) is 0 Å². The number of hydrogen-bond acceptors (Lipinski definition) is 5. The molecule has 0 bridgehead atoms. The Labute approximate surface area is 156 Å². The average Bonchev–Trinajstić information content (AvgIpc) is 2.69. The summed E-state index contributed by atoms with van der Waals surface area (Å²) in [6.45, 7) is 4.21. The monoisotopic (exact) mass is 361 g/mol. The fourth-order valence-electron chi connectivity index (χ4n) is 4.11. The molecule has 6 heteroatoms. The minimum Gasteiger partial charge on any atom is -0.496 e. The largest absolute Gasteiger partial charge is 0.496 e. The summed E-state index contributed by atoms with van der Waals surface area (Å²) in [5.41, 5.74) is 7.27. The number of hydrogen-bond donors (Lipinski definition) is 1. The predicted octanol–water partition coefficient (Wildman–Crippen LogP) is 1.48. The van der Waals surface area contributed by atoms with Crippen molar-refractivity contribution >= 4 is 5.91 Å². The molecule has 3 atom stereocenters. The summed E-state index contributed by atoms with van der Waals surface area (Å²) >= 11 is 0. The molecule has 1 aromatic carbocycles. The van der Waals surface area contributed by atoms with Crippen LogP contribution in [0.4, 0.5) is 0 Å². The molecule has 144 valence electrons. The molecule has 1 aliphatic heterocycles. The average molecular weight is 361 g/mol. The fraction of sp³-hybridized carbons (Fsp3) is 0.650. The van der Waals surface area contributed by atoms with Gasteiger partial charge in [0, 0.05) is 57.4 Å². The first-order valence-corrected chi connectivity index (χ1v) is 9.53. The standard InChI is InChI=1S/C20H31N3O3/c1-25-18-6-4-3-5-16(18)14-22-9-11-23(12-10-22)20(24)15-7-8-17(21)19(13-15)26-2/h3-6,15,17,19H,7-14,21H2,1-2H3/t15-,17-,19-/m0/s1. The predicted molar refractivity (Wildman–Crippen MR) is 101 cm³/mol. The van der Waals surface area contributed by atoms with Gasteiger partial charge >= 0.3 is 0 Å². The molecule has 0 spiro atoms. The van der Waals surface area contributed by atoms with E-state index in [1.165, 1.54) is 5.56 Å². The highest BCUT2D eigenvalue weighted by molar-refractivity contribution is 5.79. The zero-order chi connectivity index (χ0) is 18.5. The molecule has 2 aliphatic rings. The molecule has 2 fully saturated rings. The molecule has 0 aromatic heterocycles. The van der Waals surface area contributed by atoms with Crippen molar-refractivity contribution in [3.05, 3.63) is 29.8 Å². The second-order valence-electron chi connectivity index (χ2n) is 7.36. The van der Waals surface area contributed by atoms with Crippen LogP contribution in [0.1, 0.15) is 24.8 Å². The zero-order valence-electron chi connectivity index (χ0n) is 15.9. The summed E-state index contributed by atoms with van der Waals surface area (Å²) < 4.78 is 10.9. The quantitative estimate of drug-likeness (QED) is 0.860. The highest BCUT2D eigenvalue weighted by Crippen LogP contribution is 2.28. The Morgan fingerprint density at radius 3 is 2.58 bits per heavy atom. The van der Waals surface area contributed by atoms with E-state index in [0.29, 0.717) is 0 Å². The Bertz CT molecular complexity index is 602. The van der Waals surface area contributed by atoms with Gasteiger partial charge < -0.3 is 20.1 Å². The minimum absolute atomic E-state index is 0.00420. The van der Waals surface area contributed by atoms with Crippen molar-refractivity contribution in [1.29, 1.82) is 0 Å². The van der Waals surface area contributed by atoms with Crippen LogP contribution in [0.15, 0.2) is 24.3 Å². The number of rotatable bonds is 5. The van der Waals surface area contributed by atoms with Crippen molar-refractivity contribution in [3.63, 3.8) is 0 Å². The SMILES string of the molecule is COc1ccccc1CN1CCN(C(=O)[C@H]2CC[C@H](N)[C@@H](OC)C2)CC1. The van der Waals surface area contributed by atoms with E-state index in [-0.39, 0.29) is 24.0 Å². The summed E-state index contributed by atoms with van der Waals surface area (Å²) in [4.78, 5) is 17.3. The van der Waals surface area contributed by atoms with Gasteiger partial charge in [-0.2, -0.15) is 0 Å². The molecule has 1 heterocycles. The van der Waals surface area contributed by atoms with Crippen molar-refractivity contribution in [3.8, 4) is 5.75 Å². The molecule has 0 radical (unpaired) electrons. The molecule has 26 heavy (non-hydrogen) atoms. The van der Waals surface area contributed by atoms with Gasteiger partial charge in [-0.05, 0) is 25.3 Å². The van der Waals surface area contributed by atoms with Crippen molar-refractivity contribution in [2.24, 2.45) is 11.7 Å². The molecular weight excluding hydrogens is 330 g/mol. The smallest absolute Gasteiger partial charge is 0.225 e. The maximum absolute atomic E-state index is 12.9. The molecule has 0 unspecified atom stereocenters. The molecule has 1 amide bonds. The third-order valence-electron chi connectivity index (χ3n) is 5.77. The number of nitrogens with zero attached hydrogens (tertiary/aromatic N) is 2. The lowest BCUT2D eigenvalue weighted by molar-refractivity contribution is -0.140. The number of methoxy groups -OCH3 is 2. The fourth-order valence-corrected chi connectivity index (χ4v) is 4.11. The van der Waals surface area contributed by atoms with Crippen LogP contribution in [0, 0.1) is 5.92 Å². The van der Waals surface area contributed by atoms with Crippen LogP contribution in [0.25, 0.3) is 0 Å². The van der Waals surface area contributed by atoms with E-state index in [1.807, 2.05) is 23.1 Å². The first-order valence-electron chi connectivity index (χ1n) is 9.53. The molecule has 3 rings (SSSR count). The van der Waals surface area contributed by atoms with Crippen molar-refractivity contribution < 1.29 is 14.3 Å². The Kier molecular flexibility index (Phi) is 6.51. The van der Waals surface area contributed by atoms with Gasteiger partial charge in [0.2, 0.25) is 5.91 Å². The van der Waals surface area contributed by atoms with E-state index in [9.17, 15) is 4.79 Å². The topological polar surface area (TPSA) is 68.0 Å². The second-order valence-corrected chi connectivity index (χ2v) is 7.36. The number of benzene rings is 1. The second kappa shape index (κ2) is 8.84. The van der Waals surface area contributed by atoms with E-state index < -0.39 is 0 Å². The van der Waals surface area contributed by atoms with E-state index >= 15 is 0 Å². The van der Waals surface area contributed by atoms with E-state index in [4.69, 9.17) is 15.2 Å². The number of amides is 1. The molecule has 6 nitrogen and oxygen atoms in total. The van der Waals surface area contributed by atoms with E-state index in [2.05, 4.69) is 11.0 Å². The lowest BCUT2D eigenvalue weighted by atomic mass is 9.83. The van der Waals surface area contributed by atoms with Gasteiger partial charge in [0.05, 0.1) is 13.2 Å². The number of carbonyl (C=O) groups excluding carboxylic acids is 1. The van der Waals surface area contributed by atoms with Crippen molar-refractivity contribution in [1.82, 2.24) is 9.80 Å². The van der Waals surface area contributed by atoms with Crippen LogP contribution >= 0.6 is 0 Å². The summed E-state index contributed by atoms with van der Waals surface area (Å²) in [5, 5.41) is 0. The third kappa shape index (κ3) is 4.37. The molecule has 1 aromatic rings. The summed E-state index contributed by atoms with van der Waals surface area (Å²) in [5.74, 6) is 1.26. The Morgan fingerprint density at radius 1 is 1.15 bits per heavy atom. The lowest BCUT2D eigenvalue weighted by Crippen LogP contribution is -2.52. The summed E-state index contributed by atoms with van der Waals surface area (Å²) in [6.07, 6.45) is 2.49. The minimum atomic E-state index is 0.00420. The molecule has 1 aliphatic carbocycles. The van der Waals surface area contributed by atoms with Crippen LogP contribution in [0.3, 0.4) is 0 Å². The van der Waals surface area contributed by atoms with Gasteiger partial charge in [0.1, 0.15) is 5.75 Å². The maximum atomic E-state index is 12.9. The molecular formula is C20H31N3O3. The molecule has 2 N–H and O–H groups in total. The van der Waals surface area contributed by atoms with Crippen LogP contribution in [0.5, 0.6) is 5.75 Å². The maximum Gasteiger partial charge on any atom is 0.225 e. The first-order chi connectivity index (χ1) is 12.6. The first kappa shape index (κ1) is 19.1. The number of para-hydroxylation sites is 1. The van der Waals surface area contributed by atoms with Crippen molar-refractivity contribution in [2.45, 2.75) is 38.0 Å². The third-order valence-corrected chi connectivity index (χ3v) is 5.77. The highest BCUT2D eigenvalue weighted by atomic mass is 16.5. The summed E-state index contributed by atoms with van der Waals surface area (Å²) in [7, 11) is 3.40.